The summed E-state index contributed by atoms with van der Waals surface area (Å²) in [6.45, 7) is 2.21. The maximum Gasteiger partial charge on any atom is 0.254 e. The molecule has 0 spiro atoms. The molecule has 0 atom stereocenters. The lowest BCUT2D eigenvalue weighted by molar-refractivity contribution is 0.0782. The number of rotatable bonds is 3. The van der Waals surface area contributed by atoms with Crippen LogP contribution in [0.2, 0.25) is 0 Å². The van der Waals surface area contributed by atoms with Crippen molar-refractivity contribution in [3.63, 3.8) is 0 Å². The lowest BCUT2D eigenvalue weighted by Crippen LogP contribution is -2.26. The SMILES string of the molecule is Cc1c(O)cccc1C(=O)N(C)Cc1cscn1. The van der Waals surface area contributed by atoms with Crippen molar-refractivity contribution in [3.8, 4) is 5.75 Å². The fourth-order valence-corrected chi connectivity index (χ4v) is 2.24. The van der Waals surface area contributed by atoms with E-state index in [1.165, 1.54) is 11.3 Å². The minimum Gasteiger partial charge on any atom is -0.508 e. The second-order valence-electron chi connectivity index (χ2n) is 4.09. The molecule has 2 aromatic rings. The Balaban J connectivity index is 2.18. The standard InChI is InChI=1S/C13H14N2O2S/c1-9-11(4-3-5-12(9)16)13(17)15(2)6-10-7-18-8-14-10/h3-5,7-8,16H,6H2,1-2H3. The van der Waals surface area contributed by atoms with E-state index in [0.717, 1.165) is 5.69 Å². The number of amides is 1. The summed E-state index contributed by atoms with van der Waals surface area (Å²) in [5.74, 6) is 0.0271. The van der Waals surface area contributed by atoms with Gasteiger partial charge in [-0.2, -0.15) is 0 Å². The number of hydrogen-bond acceptors (Lipinski definition) is 4. The zero-order chi connectivity index (χ0) is 13.1. The third kappa shape index (κ3) is 2.51. The van der Waals surface area contributed by atoms with Gasteiger partial charge in [-0.05, 0) is 19.1 Å². The van der Waals surface area contributed by atoms with Crippen LogP contribution in [0.15, 0.2) is 29.1 Å². The van der Waals surface area contributed by atoms with E-state index in [9.17, 15) is 9.90 Å². The highest BCUT2D eigenvalue weighted by Gasteiger charge is 2.16. The molecule has 5 heteroatoms. The first kappa shape index (κ1) is 12.6. The van der Waals surface area contributed by atoms with Crippen LogP contribution in [-0.2, 0) is 6.54 Å². The number of benzene rings is 1. The summed E-state index contributed by atoms with van der Waals surface area (Å²) < 4.78 is 0. The van der Waals surface area contributed by atoms with Crippen LogP contribution in [-0.4, -0.2) is 27.9 Å². The van der Waals surface area contributed by atoms with Gasteiger partial charge in [0.2, 0.25) is 0 Å². The number of aromatic hydroxyl groups is 1. The number of phenolic OH excluding ortho intramolecular Hbond substituents is 1. The molecule has 1 N–H and O–H groups in total. The van der Waals surface area contributed by atoms with E-state index in [1.807, 2.05) is 5.38 Å². The number of phenols is 1. The van der Waals surface area contributed by atoms with Gasteiger partial charge in [0.05, 0.1) is 17.7 Å². The highest BCUT2D eigenvalue weighted by Crippen LogP contribution is 2.21. The monoisotopic (exact) mass is 262 g/mol. The second kappa shape index (κ2) is 5.18. The van der Waals surface area contributed by atoms with Crippen LogP contribution in [0.3, 0.4) is 0 Å². The quantitative estimate of drug-likeness (QED) is 0.924. The Morgan fingerprint density at radius 3 is 2.94 bits per heavy atom. The molecule has 1 aromatic heterocycles. The Labute approximate surface area is 110 Å². The average Bonchev–Trinajstić information content (AvgIpc) is 2.84. The molecule has 1 heterocycles. The van der Waals surface area contributed by atoms with E-state index in [-0.39, 0.29) is 11.7 Å². The number of aromatic nitrogens is 1. The average molecular weight is 262 g/mol. The van der Waals surface area contributed by atoms with Crippen molar-refractivity contribution >= 4 is 17.2 Å². The first-order valence-corrected chi connectivity index (χ1v) is 6.45. The zero-order valence-electron chi connectivity index (χ0n) is 10.3. The van der Waals surface area contributed by atoms with Crippen molar-refractivity contribution in [2.45, 2.75) is 13.5 Å². The summed E-state index contributed by atoms with van der Waals surface area (Å²) in [4.78, 5) is 18.0. The van der Waals surface area contributed by atoms with Crippen molar-refractivity contribution in [1.29, 1.82) is 0 Å². The molecular weight excluding hydrogens is 248 g/mol. The largest absolute Gasteiger partial charge is 0.508 e. The van der Waals surface area contributed by atoms with Crippen LogP contribution in [0.25, 0.3) is 0 Å². The van der Waals surface area contributed by atoms with Gasteiger partial charge in [0.1, 0.15) is 5.75 Å². The molecule has 0 aliphatic heterocycles. The Morgan fingerprint density at radius 1 is 1.50 bits per heavy atom. The fraction of sp³-hybridized carbons (Fsp3) is 0.231. The molecule has 0 saturated heterocycles. The topological polar surface area (TPSA) is 53.4 Å². The molecule has 1 amide bonds. The minimum absolute atomic E-state index is 0.114. The van der Waals surface area contributed by atoms with Crippen molar-refractivity contribution in [3.05, 3.63) is 45.9 Å². The molecule has 0 saturated carbocycles. The maximum atomic E-state index is 12.2. The van der Waals surface area contributed by atoms with E-state index in [0.29, 0.717) is 17.7 Å². The van der Waals surface area contributed by atoms with Crippen molar-refractivity contribution in [2.75, 3.05) is 7.05 Å². The molecule has 0 aliphatic rings. The molecule has 0 aliphatic carbocycles. The molecule has 4 nitrogen and oxygen atoms in total. The summed E-state index contributed by atoms with van der Waals surface area (Å²) in [5, 5.41) is 11.5. The van der Waals surface area contributed by atoms with E-state index in [2.05, 4.69) is 4.98 Å². The van der Waals surface area contributed by atoms with Crippen molar-refractivity contribution < 1.29 is 9.90 Å². The van der Waals surface area contributed by atoms with E-state index in [4.69, 9.17) is 0 Å². The van der Waals surface area contributed by atoms with Crippen LogP contribution in [0.5, 0.6) is 5.75 Å². The van der Waals surface area contributed by atoms with Crippen LogP contribution in [0, 0.1) is 6.92 Å². The van der Waals surface area contributed by atoms with Crippen molar-refractivity contribution in [2.24, 2.45) is 0 Å². The molecule has 18 heavy (non-hydrogen) atoms. The van der Waals surface area contributed by atoms with Gasteiger partial charge < -0.3 is 10.0 Å². The fourth-order valence-electron chi connectivity index (χ4n) is 1.69. The molecule has 0 fully saturated rings. The summed E-state index contributed by atoms with van der Waals surface area (Å²) >= 11 is 1.51. The van der Waals surface area contributed by atoms with E-state index in [1.54, 1.807) is 42.6 Å². The van der Waals surface area contributed by atoms with Gasteiger partial charge >= 0.3 is 0 Å². The Morgan fingerprint density at radius 2 is 2.28 bits per heavy atom. The molecular formula is C13H14N2O2S. The summed E-state index contributed by atoms with van der Waals surface area (Å²) in [5.41, 5.74) is 3.74. The molecule has 0 unspecified atom stereocenters. The van der Waals surface area contributed by atoms with Gasteiger partial charge in [-0.15, -0.1) is 11.3 Å². The van der Waals surface area contributed by atoms with Gasteiger partial charge in [-0.1, -0.05) is 6.07 Å². The maximum absolute atomic E-state index is 12.2. The number of thiazole rings is 1. The Kier molecular flexibility index (Phi) is 3.62. The molecule has 1 aromatic carbocycles. The van der Waals surface area contributed by atoms with E-state index < -0.39 is 0 Å². The molecule has 94 valence electrons. The van der Waals surface area contributed by atoms with Gasteiger partial charge in [0.25, 0.3) is 5.91 Å². The number of carbonyl (C=O) groups excluding carboxylic acids is 1. The molecule has 2 rings (SSSR count). The Hall–Kier alpha value is -1.88. The number of hydrogen-bond donors (Lipinski definition) is 1. The zero-order valence-corrected chi connectivity index (χ0v) is 11.1. The predicted molar refractivity (Wildman–Crippen MR) is 70.8 cm³/mol. The van der Waals surface area contributed by atoms with Gasteiger partial charge in [-0.25, -0.2) is 4.98 Å². The van der Waals surface area contributed by atoms with Crippen LogP contribution in [0.1, 0.15) is 21.6 Å². The first-order chi connectivity index (χ1) is 8.59. The number of carbonyl (C=O) groups is 1. The number of nitrogens with zero attached hydrogens (tertiary/aromatic N) is 2. The smallest absolute Gasteiger partial charge is 0.254 e. The van der Waals surface area contributed by atoms with Gasteiger partial charge in [0.15, 0.2) is 0 Å². The third-order valence-electron chi connectivity index (χ3n) is 2.76. The normalized spacial score (nSPS) is 10.3. The van der Waals surface area contributed by atoms with Crippen LogP contribution >= 0.6 is 11.3 Å². The molecule has 0 radical (unpaired) electrons. The van der Waals surface area contributed by atoms with Crippen molar-refractivity contribution in [1.82, 2.24) is 9.88 Å². The highest BCUT2D eigenvalue weighted by molar-refractivity contribution is 7.07. The summed E-state index contributed by atoms with van der Waals surface area (Å²) in [7, 11) is 1.73. The lowest BCUT2D eigenvalue weighted by atomic mass is 10.1. The van der Waals surface area contributed by atoms with Crippen LogP contribution in [0.4, 0.5) is 0 Å². The third-order valence-corrected chi connectivity index (χ3v) is 3.40. The minimum atomic E-state index is -0.114. The summed E-state index contributed by atoms with van der Waals surface area (Å²) in [6.07, 6.45) is 0. The predicted octanol–water partition coefficient (Wildman–Crippen LogP) is 2.43. The van der Waals surface area contributed by atoms with Gasteiger partial charge in [0, 0.05) is 23.6 Å². The highest BCUT2D eigenvalue weighted by atomic mass is 32.1. The Bertz CT molecular complexity index is 552. The lowest BCUT2D eigenvalue weighted by Gasteiger charge is -2.17. The molecule has 0 bridgehead atoms. The summed E-state index contributed by atoms with van der Waals surface area (Å²) in [6, 6.07) is 4.97. The first-order valence-electron chi connectivity index (χ1n) is 5.50. The van der Waals surface area contributed by atoms with Crippen LogP contribution < -0.4 is 0 Å². The van der Waals surface area contributed by atoms with E-state index >= 15 is 0 Å². The second-order valence-corrected chi connectivity index (χ2v) is 4.81. The van der Waals surface area contributed by atoms with Gasteiger partial charge in [-0.3, -0.25) is 4.79 Å².